The molecule has 0 unspecified atom stereocenters. The molecule has 5 nitrogen and oxygen atoms in total. The van der Waals surface area contributed by atoms with Crippen molar-refractivity contribution >= 4 is 17.5 Å². The van der Waals surface area contributed by atoms with Gasteiger partial charge in [0.2, 0.25) is 5.95 Å². The lowest BCUT2D eigenvalue weighted by molar-refractivity contribution is 0.592. The highest BCUT2D eigenvalue weighted by molar-refractivity contribution is 5.62. The third-order valence-electron chi connectivity index (χ3n) is 4.32. The van der Waals surface area contributed by atoms with Crippen LogP contribution in [0.3, 0.4) is 0 Å². The third-order valence-corrected chi connectivity index (χ3v) is 4.32. The molecule has 0 spiro atoms. The number of benzene rings is 2. The fourth-order valence-corrected chi connectivity index (χ4v) is 2.96. The summed E-state index contributed by atoms with van der Waals surface area (Å²) in [5.74, 6) is 1.23. The third kappa shape index (κ3) is 5.51. The average Bonchev–Trinajstić information content (AvgIpc) is 2.66. The molecule has 0 saturated heterocycles. The van der Waals surface area contributed by atoms with Crippen molar-refractivity contribution in [3.8, 4) is 0 Å². The minimum absolute atomic E-state index is 0.0442. The van der Waals surface area contributed by atoms with Crippen LogP contribution >= 0.6 is 0 Å². The van der Waals surface area contributed by atoms with Crippen molar-refractivity contribution in [2.24, 2.45) is 0 Å². The van der Waals surface area contributed by atoms with Crippen molar-refractivity contribution in [2.75, 3.05) is 17.2 Å². The molecule has 1 aromatic heterocycles. The lowest BCUT2D eigenvalue weighted by atomic mass is 9.86. The summed E-state index contributed by atoms with van der Waals surface area (Å²) in [7, 11) is 0. The maximum Gasteiger partial charge on any atom is 0.244 e. The number of hydrogen-bond acceptors (Lipinski definition) is 5. The van der Waals surface area contributed by atoms with E-state index in [1.165, 1.54) is 11.1 Å². The Bertz CT molecular complexity index is 856. The molecule has 0 radical (unpaired) electrons. The van der Waals surface area contributed by atoms with E-state index in [9.17, 15) is 0 Å². The van der Waals surface area contributed by atoms with Crippen LogP contribution in [0.25, 0.3) is 0 Å². The zero-order chi connectivity index (χ0) is 19.1. The van der Waals surface area contributed by atoms with Crippen LogP contribution in [-0.4, -0.2) is 21.7 Å². The minimum Gasteiger partial charge on any atom is -0.353 e. The van der Waals surface area contributed by atoms with E-state index in [0.717, 1.165) is 25.1 Å². The van der Waals surface area contributed by atoms with Crippen molar-refractivity contribution in [3.63, 3.8) is 0 Å². The minimum atomic E-state index is 0.0442. The Morgan fingerprint density at radius 2 is 1.67 bits per heavy atom. The van der Waals surface area contributed by atoms with Gasteiger partial charge in [0.25, 0.3) is 0 Å². The number of hydrogen-bond donors (Lipinski definition) is 2. The zero-order valence-electron chi connectivity index (χ0n) is 16.2. The van der Waals surface area contributed by atoms with Crippen LogP contribution in [0.15, 0.2) is 60.8 Å². The van der Waals surface area contributed by atoms with Gasteiger partial charge < -0.3 is 10.6 Å². The molecular formula is C22H27N5. The molecule has 2 N–H and O–H groups in total. The summed E-state index contributed by atoms with van der Waals surface area (Å²) in [5.41, 5.74) is 3.66. The molecule has 2 aromatic carbocycles. The van der Waals surface area contributed by atoms with Gasteiger partial charge in [-0.3, -0.25) is 0 Å². The molecule has 5 heteroatoms. The zero-order valence-corrected chi connectivity index (χ0v) is 16.2. The molecule has 1 heterocycles. The monoisotopic (exact) mass is 361 g/mol. The molecule has 0 amide bonds. The molecule has 140 valence electrons. The van der Waals surface area contributed by atoms with E-state index in [1.807, 2.05) is 12.1 Å². The van der Waals surface area contributed by atoms with Crippen LogP contribution in [0, 0.1) is 0 Å². The smallest absolute Gasteiger partial charge is 0.244 e. The summed E-state index contributed by atoms with van der Waals surface area (Å²) in [5, 5.41) is 14.8. The first-order chi connectivity index (χ1) is 13.0. The van der Waals surface area contributed by atoms with Gasteiger partial charge in [0.15, 0.2) is 5.82 Å². The van der Waals surface area contributed by atoms with Gasteiger partial charge >= 0.3 is 0 Å². The molecule has 0 aliphatic carbocycles. The van der Waals surface area contributed by atoms with Gasteiger partial charge in [-0.1, -0.05) is 69.3 Å². The van der Waals surface area contributed by atoms with Gasteiger partial charge in [-0.15, -0.1) is 5.10 Å². The van der Waals surface area contributed by atoms with Crippen LogP contribution in [-0.2, 0) is 11.8 Å². The van der Waals surface area contributed by atoms with E-state index < -0.39 is 0 Å². The van der Waals surface area contributed by atoms with Gasteiger partial charge in [-0.2, -0.15) is 10.1 Å². The number of anilines is 3. The SMILES string of the molecule is CC(C)(C)c1ccccc1Nc1cnnc(NCCCc2ccccc2)n1. The number of rotatable bonds is 7. The molecular weight excluding hydrogens is 334 g/mol. The van der Waals surface area contributed by atoms with Crippen LogP contribution in [0.1, 0.15) is 38.3 Å². The highest BCUT2D eigenvalue weighted by Gasteiger charge is 2.17. The predicted octanol–water partition coefficient (Wildman–Crippen LogP) is 4.96. The molecule has 0 aliphatic heterocycles. The maximum absolute atomic E-state index is 4.54. The van der Waals surface area contributed by atoms with Crippen molar-refractivity contribution in [1.82, 2.24) is 15.2 Å². The molecule has 0 aliphatic rings. The predicted molar refractivity (Wildman–Crippen MR) is 112 cm³/mol. The first-order valence-electron chi connectivity index (χ1n) is 9.36. The molecule has 0 bridgehead atoms. The van der Waals surface area contributed by atoms with Gasteiger partial charge in [-0.25, -0.2) is 0 Å². The van der Waals surface area contributed by atoms with E-state index in [4.69, 9.17) is 0 Å². The summed E-state index contributed by atoms with van der Waals surface area (Å²) >= 11 is 0. The lowest BCUT2D eigenvalue weighted by Gasteiger charge is -2.23. The van der Waals surface area contributed by atoms with Crippen LogP contribution in [0.2, 0.25) is 0 Å². The van der Waals surface area contributed by atoms with E-state index in [-0.39, 0.29) is 5.41 Å². The fraction of sp³-hybridized carbons (Fsp3) is 0.318. The number of aromatic nitrogens is 3. The van der Waals surface area contributed by atoms with Gasteiger partial charge in [0.1, 0.15) is 0 Å². The molecule has 27 heavy (non-hydrogen) atoms. The maximum atomic E-state index is 4.54. The van der Waals surface area contributed by atoms with Crippen LogP contribution in [0.4, 0.5) is 17.5 Å². The molecule has 0 atom stereocenters. The number of nitrogens with zero attached hydrogens (tertiary/aromatic N) is 3. The number of para-hydroxylation sites is 1. The van der Waals surface area contributed by atoms with Crippen molar-refractivity contribution in [3.05, 3.63) is 71.9 Å². The van der Waals surface area contributed by atoms with Crippen molar-refractivity contribution < 1.29 is 0 Å². The largest absolute Gasteiger partial charge is 0.353 e. The summed E-state index contributed by atoms with van der Waals surface area (Å²) < 4.78 is 0. The van der Waals surface area contributed by atoms with Crippen LogP contribution in [0.5, 0.6) is 0 Å². The Labute approximate surface area is 161 Å². The first-order valence-corrected chi connectivity index (χ1v) is 9.36. The fourth-order valence-electron chi connectivity index (χ4n) is 2.96. The van der Waals surface area contributed by atoms with Gasteiger partial charge in [-0.05, 0) is 35.4 Å². The summed E-state index contributed by atoms with van der Waals surface area (Å²) in [6.07, 6.45) is 3.69. The normalized spacial score (nSPS) is 11.2. The van der Waals surface area contributed by atoms with E-state index >= 15 is 0 Å². The Morgan fingerprint density at radius 3 is 2.44 bits per heavy atom. The van der Waals surface area contributed by atoms with E-state index in [0.29, 0.717) is 11.8 Å². The standard InChI is InChI=1S/C22H27N5/c1-22(2,3)18-13-7-8-14-19(18)25-20-16-24-27-21(26-20)23-15-9-12-17-10-5-4-6-11-17/h4-8,10-11,13-14,16H,9,12,15H2,1-3H3,(H2,23,25,26,27). The highest BCUT2D eigenvalue weighted by Crippen LogP contribution is 2.30. The molecule has 3 aromatic rings. The van der Waals surface area contributed by atoms with Gasteiger partial charge in [0, 0.05) is 12.2 Å². The summed E-state index contributed by atoms with van der Waals surface area (Å²) in [4.78, 5) is 4.54. The lowest BCUT2D eigenvalue weighted by Crippen LogP contribution is -2.14. The number of nitrogens with one attached hydrogen (secondary N) is 2. The number of aryl methyl sites for hydroxylation is 1. The van der Waals surface area contributed by atoms with Crippen molar-refractivity contribution in [1.29, 1.82) is 0 Å². The molecule has 0 fully saturated rings. The second-order valence-corrected chi connectivity index (χ2v) is 7.60. The van der Waals surface area contributed by atoms with E-state index in [1.54, 1.807) is 6.20 Å². The Hall–Kier alpha value is -2.95. The second-order valence-electron chi connectivity index (χ2n) is 7.60. The molecule has 0 saturated carbocycles. The van der Waals surface area contributed by atoms with E-state index in [2.05, 4.69) is 89.1 Å². The van der Waals surface area contributed by atoms with Crippen LogP contribution < -0.4 is 10.6 Å². The Kier molecular flexibility index (Phi) is 6.01. The summed E-state index contributed by atoms with van der Waals surface area (Å²) in [6, 6.07) is 18.8. The first kappa shape index (κ1) is 18.8. The van der Waals surface area contributed by atoms with Crippen molar-refractivity contribution in [2.45, 2.75) is 39.0 Å². The second kappa shape index (κ2) is 8.62. The van der Waals surface area contributed by atoms with Gasteiger partial charge in [0.05, 0.1) is 6.20 Å². The highest BCUT2D eigenvalue weighted by atomic mass is 15.3. The Balaban J connectivity index is 1.59. The Morgan fingerprint density at radius 1 is 0.926 bits per heavy atom. The topological polar surface area (TPSA) is 62.7 Å². The summed E-state index contributed by atoms with van der Waals surface area (Å²) in [6.45, 7) is 7.40. The molecule has 3 rings (SSSR count). The quantitative estimate of drug-likeness (QED) is 0.583. The average molecular weight is 361 g/mol.